The Labute approximate surface area is 105 Å². The first-order valence-electron chi connectivity index (χ1n) is 4.82. The van der Waals surface area contributed by atoms with Gasteiger partial charge in [0.2, 0.25) is 0 Å². The van der Waals surface area contributed by atoms with Gasteiger partial charge < -0.3 is 15.4 Å². The van der Waals surface area contributed by atoms with Crippen LogP contribution >= 0.6 is 12.2 Å². The minimum absolute atomic E-state index is 0.195. The average Bonchev–Trinajstić information content (AvgIpc) is 2.57. The smallest absolute Gasteiger partial charge is 0.406 e. The molecule has 1 unspecified atom stereocenters. The average molecular weight is 276 g/mol. The number of ether oxygens (including phenoxy) is 1. The Bertz CT molecular complexity index is 487. The first-order chi connectivity index (χ1) is 8.35. The van der Waals surface area contributed by atoms with E-state index in [1.54, 1.807) is 0 Å². The van der Waals surface area contributed by atoms with Gasteiger partial charge in [0.15, 0.2) is 5.11 Å². The molecular formula is C10H7F3N2O2S. The van der Waals surface area contributed by atoms with Crippen molar-refractivity contribution in [2.75, 3.05) is 0 Å². The number of carbonyl (C=O) groups excluding carboxylic acids is 1. The number of hydrogen-bond acceptors (Lipinski definition) is 3. The summed E-state index contributed by atoms with van der Waals surface area (Å²) in [7, 11) is 0. The van der Waals surface area contributed by atoms with E-state index in [0.717, 1.165) is 12.1 Å². The first-order valence-corrected chi connectivity index (χ1v) is 5.23. The summed E-state index contributed by atoms with van der Waals surface area (Å²) in [5.74, 6) is -0.684. The maximum atomic E-state index is 11.9. The second kappa shape index (κ2) is 4.45. The summed E-state index contributed by atoms with van der Waals surface area (Å²) in [6.45, 7) is 0. The molecule has 0 aliphatic carbocycles. The molecule has 1 heterocycles. The van der Waals surface area contributed by atoms with Crippen molar-refractivity contribution in [2.24, 2.45) is 0 Å². The molecule has 0 saturated carbocycles. The van der Waals surface area contributed by atoms with Crippen molar-refractivity contribution < 1.29 is 22.7 Å². The van der Waals surface area contributed by atoms with Gasteiger partial charge in [-0.1, -0.05) is 12.1 Å². The highest BCUT2D eigenvalue weighted by molar-refractivity contribution is 7.80. The van der Waals surface area contributed by atoms with E-state index in [4.69, 9.17) is 12.2 Å². The molecule has 1 aromatic carbocycles. The number of alkyl halides is 3. The van der Waals surface area contributed by atoms with Gasteiger partial charge in [-0.15, -0.1) is 13.2 Å². The molecule has 96 valence electrons. The van der Waals surface area contributed by atoms with Crippen LogP contribution in [-0.2, 0) is 4.79 Å². The number of benzene rings is 1. The van der Waals surface area contributed by atoms with Crippen LogP contribution < -0.4 is 15.4 Å². The highest BCUT2D eigenvalue weighted by atomic mass is 32.1. The number of carbonyl (C=O) groups is 1. The predicted molar refractivity (Wildman–Crippen MR) is 59.7 cm³/mol. The second-order valence-corrected chi connectivity index (χ2v) is 3.92. The first kappa shape index (κ1) is 12.6. The van der Waals surface area contributed by atoms with Gasteiger partial charge in [-0.2, -0.15) is 0 Å². The Morgan fingerprint density at radius 3 is 2.28 bits per heavy atom. The number of nitrogens with one attached hydrogen (secondary N) is 2. The van der Waals surface area contributed by atoms with Crippen LogP contribution in [0, 0.1) is 0 Å². The molecule has 1 saturated heterocycles. The molecule has 2 rings (SSSR count). The summed E-state index contributed by atoms with van der Waals surface area (Å²) >= 11 is 4.75. The third-order valence-electron chi connectivity index (χ3n) is 2.22. The number of thiocarbonyl (C=S) groups is 1. The molecule has 0 bridgehead atoms. The van der Waals surface area contributed by atoms with Crippen LogP contribution in [0.15, 0.2) is 24.3 Å². The van der Waals surface area contributed by atoms with E-state index in [9.17, 15) is 18.0 Å². The fraction of sp³-hybridized carbons (Fsp3) is 0.200. The van der Waals surface area contributed by atoms with Crippen LogP contribution in [0.2, 0.25) is 0 Å². The molecule has 8 heteroatoms. The summed E-state index contributed by atoms with van der Waals surface area (Å²) in [5, 5.41) is 5.28. The van der Waals surface area contributed by atoms with Gasteiger partial charge in [0.1, 0.15) is 11.8 Å². The van der Waals surface area contributed by atoms with Gasteiger partial charge in [-0.3, -0.25) is 4.79 Å². The second-order valence-electron chi connectivity index (χ2n) is 3.51. The standard InChI is InChI=1S/C10H7F3N2O2S/c11-10(12,13)17-6-3-1-5(2-4-6)7-8(16)15-9(18)14-7/h1-4,7H,(H2,14,15,16,18). The quantitative estimate of drug-likeness (QED) is 0.806. The maximum absolute atomic E-state index is 11.9. The van der Waals surface area contributed by atoms with Crippen LogP contribution in [0.25, 0.3) is 0 Å². The molecule has 0 radical (unpaired) electrons. The minimum Gasteiger partial charge on any atom is -0.406 e. The van der Waals surface area contributed by atoms with Gasteiger partial charge in [-0.25, -0.2) is 0 Å². The highest BCUT2D eigenvalue weighted by Crippen LogP contribution is 2.25. The molecule has 2 N–H and O–H groups in total. The maximum Gasteiger partial charge on any atom is 0.573 e. The Kier molecular flexibility index (Phi) is 3.12. The van der Waals surface area contributed by atoms with E-state index in [2.05, 4.69) is 15.4 Å². The van der Waals surface area contributed by atoms with Crippen molar-refractivity contribution in [1.29, 1.82) is 0 Å². The SMILES string of the molecule is O=C1NC(=S)NC1c1ccc(OC(F)(F)F)cc1. The largest absolute Gasteiger partial charge is 0.573 e. The summed E-state index contributed by atoms with van der Waals surface area (Å²) in [4.78, 5) is 11.4. The van der Waals surface area contributed by atoms with E-state index in [0.29, 0.717) is 5.56 Å². The van der Waals surface area contributed by atoms with Gasteiger partial charge in [0, 0.05) is 0 Å². The van der Waals surface area contributed by atoms with E-state index in [-0.39, 0.29) is 16.8 Å². The molecule has 1 aliphatic rings. The van der Waals surface area contributed by atoms with Crippen LogP contribution in [0.3, 0.4) is 0 Å². The number of hydrogen-bond donors (Lipinski definition) is 2. The summed E-state index contributed by atoms with van der Waals surface area (Å²) in [5.41, 5.74) is 0.502. The lowest BCUT2D eigenvalue weighted by Gasteiger charge is -2.11. The van der Waals surface area contributed by atoms with Crippen LogP contribution in [0.4, 0.5) is 13.2 Å². The Hall–Kier alpha value is -1.83. The molecular weight excluding hydrogens is 269 g/mol. The Morgan fingerprint density at radius 2 is 1.83 bits per heavy atom. The zero-order valence-electron chi connectivity index (χ0n) is 8.75. The Balaban J connectivity index is 2.13. The normalized spacial score (nSPS) is 19.4. The monoisotopic (exact) mass is 276 g/mol. The molecule has 0 spiro atoms. The van der Waals surface area contributed by atoms with Crippen LogP contribution in [0.1, 0.15) is 11.6 Å². The van der Waals surface area contributed by atoms with Crippen molar-refractivity contribution in [1.82, 2.24) is 10.6 Å². The Morgan fingerprint density at radius 1 is 1.22 bits per heavy atom. The fourth-order valence-corrected chi connectivity index (χ4v) is 1.73. The number of halogens is 3. The van der Waals surface area contributed by atoms with E-state index < -0.39 is 12.4 Å². The molecule has 1 fully saturated rings. The van der Waals surface area contributed by atoms with Crippen molar-refractivity contribution in [3.05, 3.63) is 29.8 Å². The van der Waals surface area contributed by atoms with Crippen molar-refractivity contribution in [2.45, 2.75) is 12.4 Å². The summed E-state index contributed by atoms with van der Waals surface area (Å²) in [6, 6.07) is 4.33. The fourth-order valence-electron chi connectivity index (χ4n) is 1.51. The number of amides is 1. The van der Waals surface area contributed by atoms with Gasteiger partial charge in [0.05, 0.1) is 0 Å². The molecule has 1 aromatic rings. The molecule has 4 nitrogen and oxygen atoms in total. The summed E-state index contributed by atoms with van der Waals surface area (Å²) in [6.07, 6.45) is -4.73. The molecule has 1 amide bonds. The third kappa shape index (κ3) is 2.89. The molecule has 1 atom stereocenters. The van der Waals surface area contributed by atoms with Crippen molar-refractivity contribution in [3.63, 3.8) is 0 Å². The highest BCUT2D eigenvalue weighted by Gasteiger charge is 2.32. The van der Waals surface area contributed by atoms with Gasteiger partial charge in [0.25, 0.3) is 5.91 Å². The van der Waals surface area contributed by atoms with E-state index in [1.807, 2.05) is 0 Å². The van der Waals surface area contributed by atoms with Crippen LogP contribution in [0.5, 0.6) is 5.75 Å². The molecule has 18 heavy (non-hydrogen) atoms. The van der Waals surface area contributed by atoms with Gasteiger partial charge in [-0.05, 0) is 29.9 Å². The van der Waals surface area contributed by atoms with E-state index >= 15 is 0 Å². The van der Waals surface area contributed by atoms with E-state index in [1.165, 1.54) is 12.1 Å². The van der Waals surface area contributed by atoms with Gasteiger partial charge >= 0.3 is 6.36 Å². The molecule has 1 aliphatic heterocycles. The van der Waals surface area contributed by atoms with Crippen molar-refractivity contribution in [3.8, 4) is 5.75 Å². The summed E-state index contributed by atoms with van der Waals surface area (Å²) < 4.78 is 39.5. The third-order valence-corrected chi connectivity index (χ3v) is 2.44. The topological polar surface area (TPSA) is 50.4 Å². The molecule has 0 aromatic heterocycles. The zero-order chi connectivity index (χ0) is 13.3. The predicted octanol–water partition coefficient (Wildman–Crippen LogP) is 1.63. The zero-order valence-corrected chi connectivity index (χ0v) is 9.56. The lowest BCUT2D eigenvalue weighted by Crippen LogP contribution is -2.21. The lowest BCUT2D eigenvalue weighted by molar-refractivity contribution is -0.274. The minimum atomic E-state index is -4.73. The van der Waals surface area contributed by atoms with Crippen molar-refractivity contribution >= 4 is 23.2 Å². The van der Waals surface area contributed by atoms with Crippen LogP contribution in [-0.4, -0.2) is 17.4 Å². The number of rotatable bonds is 2. The lowest BCUT2D eigenvalue weighted by atomic mass is 10.1.